The largest absolute Gasteiger partial charge is 0.394 e. The number of fused-ring (bicyclic) bond motifs is 3. The zero-order chi connectivity index (χ0) is 22.6. The molecule has 4 aromatic rings. The van der Waals surface area contributed by atoms with E-state index in [9.17, 15) is 20.4 Å². The van der Waals surface area contributed by atoms with Crippen molar-refractivity contribution in [3.05, 3.63) is 58.3 Å². The van der Waals surface area contributed by atoms with Crippen LogP contribution in [0.3, 0.4) is 0 Å². The molecule has 1 aliphatic rings. The highest BCUT2D eigenvalue weighted by molar-refractivity contribution is 6.33. The highest BCUT2D eigenvalue weighted by Crippen LogP contribution is 2.33. The van der Waals surface area contributed by atoms with E-state index in [0.717, 1.165) is 21.8 Å². The third kappa shape index (κ3) is 3.56. The molecule has 0 amide bonds. The molecule has 2 aromatic heterocycles. The summed E-state index contributed by atoms with van der Waals surface area (Å²) in [5, 5.41) is 51.1. The Bertz CT molecular complexity index is 1230. The molecule has 5 rings (SSSR count). The van der Waals surface area contributed by atoms with Crippen LogP contribution in [0.5, 0.6) is 0 Å². The number of hydrogen-bond acceptors (Lipinski definition) is 7. The molecule has 168 valence electrons. The van der Waals surface area contributed by atoms with Crippen LogP contribution in [0.25, 0.3) is 21.8 Å². The van der Waals surface area contributed by atoms with Gasteiger partial charge in [-0.15, -0.1) is 5.10 Å². The summed E-state index contributed by atoms with van der Waals surface area (Å²) in [5.41, 5.74) is 2.45. The zero-order valence-electron chi connectivity index (χ0n) is 16.6. The van der Waals surface area contributed by atoms with Crippen LogP contribution in [-0.2, 0) is 11.3 Å². The van der Waals surface area contributed by atoms with Crippen LogP contribution in [0.1, 0.15) is 11.9 Å². The molecule has 3 heterocycles. The Hall–Kier alpha value is -2.24. The fourth-order valence-corrected chi connectivity index (χ4v) is 4.54. The molecule has 9 nitrogen and oxygen atoms in total. The number of aliphatic hydroxyl groups is 4. The minimum absolute atomic E-state index is 0.362. The van der Waals surface area contributed by atoms with Crippen LogP contribution < -0.4 is 0 Å². The molecular formula is C21H20Cl2N4O5. The Labute approximate surface area is 192 Å². The van der Waals surface area contributed by atoms with Crippen molar-refractivity contribution in [2.45, 2.75) is 37.2 Å². The maximum absolute atomic E-state index is 10.3. The first-order chi connectivity index (χ1) is 15.4. The van der Waals surface area contributed by atoms with Gasteiger partial charge in [0.05, 0.1) is 19.3 Å². The third-order valence-corrected chi connectivity index (χ3v) is 6.26. The predicted molar refractivity (Wildman–Crippen MR) is 118 cm³/mol. The molecule has 0 saturated carbocycles. The van der Waals surface area contributed by atoms with Crippen molar-refractivity contribution in [1.29, 1.82) is 0 Å². The molecule has 5 atom stereocenters. The van der Waals surface area contributed by atoms with Crippen LogP contribution in [0.15, 0.2) is 42.6 Å². The Morgan fingerprint density at radius 3 is 2.12 bits per heavy atom. The van der Waals surface area contributed by atoms with E-state index >= 15 is 0 Å². The lowest BCUT2D eigenvalue weighted by Crippen LogP contribution is -2.56. The van der Waals surface area contributed by atoms with Crippen molar-refractivity contribution in [3.8, 4) is 0 Å². The number of hydrogen-bond donors (Lipinski definition) is 4. The summed E-state index contributed by atoms with van der Waals surface area (Å²) in [6, 6.07) is 11.2. The topological polar surface area (TPSA) is 126 Å². The van der Waals surface area contributed by atoms with Gasteiger partial charge < -0.3 is 29.7 Å². The zero-order valence-corrected chi connectivity index (χ0v) is 18.1. The highest BCUT2D eigenvalue weighted by Gasteiger charge is 2.44. The van der Waals surface area contributed by atoms with E-state index < -0.39 is 37.3 Å². The summed E-state index contributed by atoms with van der Waals surface area (Å²) in [4.78, 5) is 0. The lowest BCUT2D eigenvalue weighted by atomic mass is 9.98. The van der Waals surface area contributed by atoms with E-state index in [1.54, 1.807) is 6.20 Å². The van der Waals surface area contributed by atoms with Crippen molar-refractivity contribution >= 4 is 45.0 Å². The van der Waals surface area contributed by atoms with Crippen molar-refractivity contribution in [1.82, 2.24) is 19.6 Å². The van der Waals surface area contributed by atoms with Crippen molar-refractivity contribution in [2.24, 2.45) is 0 Å². The maximum atomic E-state index is 10.3. The molecule has 4 N–H and O–H groups in total. The average molecular weight is 479 g/mol. The predicted octanol–water partition coefficient (Wildman–Crippen LogP) is 1.71. The lowest BCUT2D eigenvalue weighted by molar-refractivity contribution is -0.254. The highest BCUT2D eigenvalue weighted by atomic mass is 35.5. The van der Waals surface area contributed by atoms with Gasteiger partial charge in [-0.1, -0.05) is 28.4 Å². The van der Waals surface area contributed by atoms with Crippen molar-refractivity contribution in [3.63, 3.8) is 0 Å². The third-order valence-electron chi connectivity index (χ3n) is 5.79. The first-order valence-corrected chi connectivity index (χ1v) is 10.7. The van der Waals surface area contributed by atoms with Gasteiger partial charge in [0.15, 0.2) is 6.23 Å². The summed E-state index contributed by atoms with van der Waals surface area (Å²) in [7, 11) is 0. The van der Waals surface area contributed by atoms with Gasteiger partial charge in [-0.3, -0.25) is 0 Å². The Morgan fingerprint density at radius 2 is 1.53 bits per heavy atom. The summed E-state index contributed by atoms with van der Waals surface area (Å²) in [6.07, 6.45) is -4.92. The Kier molecular flexibility index (Phi) is 5.58. The molecule has 1 saturated heterocycles. The van der Waals surface area contributed by atoms with E-state index in [1.165, 1.54) is 4.68 Å². The molecule has 1 aliphatic heterocycles. The van der Waals surface area contributed by atoms with Gasteiger partial charge in [-0.25, -0.2) is 4.68 Å². The summed E-state index contributed by atoms with van der Waals surface area (Å²) in [6.45, 7) is -0.157. The summed E-state index contributed by atoms with van der Waals surface area (Å²) < 4.78 is 8.88. The second-order valence-electron chi connectivity index (χ2n) is 7.82. The second kappa shape index (κ2) is 8.27. The standard InChI is InChI=1S/C21H20Cl2N4O5/c22-10-1-3-15-13(5-10)14-6-11(23)2-4-16(14)26(15)7-12-8-27(25-24-12)21-20(31)19(30)18(29)17(9-28)32-21/h1-6,8,17-21,28-31H,7,9H2/t17-,18+,19+,20-,21-/m0/s1. The van der Waals surface area contributed by atoms with E-state index in [2.05, 4.69) is 14.9 Å². The molecule has 2 aromatic carbocycles. The number of nitrogens with zero attached hydrogens (tertiary/aromatic N) is 4. The number of halogens is 2. The molecule has 0 unspecified atom stereocenters. The number of aliphatic hydroxyl groups excluding tert-OH is 4. The molecule has 0 bridgehead atoms. The molecule has 1 fully saturated rings. The molecule has 0 spiro atoms. The van der Waals surface area contributed by atoms with Gasteiger partial charge in [0, 0.05) is 31.9 Å². The minimum atomic E-state index is -1.50. The van der Waals surface area contributed by atoms with Crippen molar-refractivity contribution < 1.29 is 25.2 Å². The summed E-state index contributed by atoms with van der Waals surface area (Å²) in [5.74, 6) is 0. The Balaban J connectivity index is 1.51. The van der Waals surface area contributed by atoms with Gasteiger partial charge >= 0.3 is 0 Å². The number of ether oxygens (including phenoxy) is 1. The van der Waals surface area contributed by atoms with Gasteiger partial charge in [-0.2, -0.15) is 0 Å². The van der Waals surface area contributed by atoms with E-state index in [4.69, 9.17) is 27.9 Å². The number of aromatic nitrogens is 4. The molecule has 11 heteroatoms. The minimum Gasteiger partial charge on any atom is -0.394 e. The monoisotopic (exact) mass is 478 g/mol. The molecule has 32 heavy (non-hydrogen) atoms. The average Bonchev–Trinajstić information content (AvgIpc) is 3.35. The van der Waals surface area contributed by atoms with E-state index in [1.807, 2.05) is 36.4 Å². The van der Waals surface area contributed by atoms with Crippen LogP contribution in [0.4, 0.5) is 0 Å². The summed E-state index contributed by atoms with van der Waals surface area (Å²) >= 11 is 12.4. The van der Waals surface area contributed by atoms with Crippen LogP contribution in [-0.4, -0.2) is 71.0 Å². The second-order valence-corrected chi connectivity index (χ2v) is 8.69. The maximum Gasteiger partial charge on any atom is 0.180 e. The lowest BCUT2D eigenvalue weighted by Gasteiger charge is -2.39. The molecule has 0 aliphatic carbocycles. The number of rotatable bonds is 4. The SMILES string of the molecule is OC[C@@H]1O[C@H](n2cc(Cn3c4ccc(Cl)cc4c4cc(Cl)ccc43)nn2)[C@@H](O)[C@H](O)[C@@H]1O. The van der Waals surface area contributed by atoms with Crippen LogP contribution in [0, 0.1) is 0 Å². The van der Waals surface area contributed by atoms with E-state index in [0.29, 0.717) is 22.3 Å². The van der Waals surface area contributed by atoms with Crippen molar-refractivity contribution in [2.75, 3.05) is 6.61 Å². The Morgan fingerprint density at radius 1 is 0.906 bits per heavy atom. The van der Waals surface area contributed by atoms with Crippen LogP contribution >= 0.6 is 23.2 Å². The van der Waals surface area contributed by atoms with Gasteiger partial charge in [0.2, 0.25) is 0 Å². The smallest absolute Gasteiger partial charge is 0.180 e. The normalized spacial score (nSPS) is 26.2. The van der Waals surface area contributed by atoms with Gasteiger partial charge in [0.1, 0.15) is 30.1 Å². The van der Waals surface area contributed by atoms with Gasteiger partial charge in [0.25, 0.3) is 0 Å². The molecular weight excluding hydrogens is 459 g/mol. The van der Waals surface area contributed by atoms with E-state index in [-0.39, 0.29) is 0 Å². The van der Waals surface area contributed by atoms with Gasteiger partial charge in [-0.05, 0) is 36.4 Å². The first kappa shape index (κ1) is 21.6. The van der Waals surface area contributed by atoms with Crippen LogP contribution in [0.2, 0.25) is 10.0 Å². The molecule has 0 radical (unpaired) electrons. The first-order valence-electron chi connectivity index (χ1n) is 9.95. The fraction of sp³-hybridized carbons (Fsp3) is 0.333. The quantitative estimate of drug-likeness (QED) is 0.351. The fourth-order valence-electron chi connectivity index (χ4n) is 4.19. The number of benzene rings is 2.